The summed E-state index contributed by atoms with van der Waals surface area (Å²) in [6.45, 7) is 0. The number of hydrogen-bond donors (Lipinski definition) is 2. The lowest BCUT2D eigenvalue weighted by Crippen LogP contribution is -2.38. The van der Waals surface area contributed by atoms with Gasteiger partial charge in [0.2, 0.25) is 0 Å². The van der Waals surface area contributed by atoms with Gasteiger partial charge < -0.3 is 0 Å². The zero-order chi connectivity index (χ0) is 14.8. The molecule has 1 saturated heterocycles. The van der Waals surface area contributed by atoms with E-state index in [1.54, 1.807) is 12.1 Å². The number of nitrogens with one attached hydrogen (secondary N) is 1. The van der Waals surface area contributed by atoms with Crippen LogP contribution >= 0.6 is 11.6 Å². The van der Waals surface area contributed by atoms with Crippen molar-refractivity contribution >= 4 is 21.4 Å². The van der Waals surface area contributed by atoms with E-state index in [9.17, 15) is 12.8 Å². The summed E-state index contributed by atoms with van der Waals surface area (Å²) in [4.78, 5) is 0. The molecule has 1 fully saturated rings. The van der Waals surface area contributed by atoms with E-state index in [2.05, 4.69) is 5.43 Å². The number of sulfone groups is 1. The maximum atomic E-state index is 13.4. The van der Waals surface area contributed by atoms with Crippen molar-refractivity contribution in [3.8, 4) is 0 Å². The van der Waals surface area contributed by atoms with Gasteiger partial charge in [0, 0.05) is 6.04 Å². The van der Waals surface area contributed by atoms with E-state index in [1.165, 1.54) is 6.07 Å². The molecule has 0 aliphatic carbocycles. The smallest absolute Gasteiger partial charge is 0.150 e. The van der Waals surface area contributed by atoms with Crippen molar-refractivity contribution in [3.05, 3.63) is 34.6 Å². The van der Waals surface area contributed by atoms with Crippen LogP contribution in [0, 0.1) is 11.7 Å². The van der Waals surface area contributed by atoms with Gasteiger partial charge in [-0.3, -0.25) is 11.3 Å². The zero-order valence-corrected chi connectivity index (χ0v) is 12.6. The predicted molar refractivity (Wildman–Crippen MR) is 77.6 cm³/mol. The molecule has 0 radical (unpaired) electrons. The molecule has 2 rings (SSSR count). The van der Waals surface area contributed by atoms with E-state index < -0.39 is 15.7 Å². The molecule has 2 atom stereocenters. The summed E-state index contributed by atoms with van der Waals surface area (Å²) in [5.74, 6) is 5.62. The van der Waals surface area contributed by atoms with Crippen molar-refractivity contribution in [1.29, 1.82) is 0 Å². The molecule has 20 heavy (non-hydrogen) atoms. The minimum Gasteiger partial charge on any atom is -0.271 e. The van der Waals surface area contributed by atoms with Gasteiger partial charge >= 0.3 is 0 Å². The summed E-state index contributed by atoms with van der Waals surface area (Å²) in [6.07, 6.45) is 1.78. The first kappa shape index (κ1) is 15.7. The second-order valence-corrected chi connectivity index (χ2v) is 7.89. The van der Waals surface area contributed by atoms with E-state index in [0.29, 0.717) is 24.8 Å². The normalized spacial score (nSPS) is 22.9. The molecule has 1 aromatic carbocycles. The van der Waals surface area contributed by atoms with E-state index >= 15 is 0 Å². The fourth-order valence-corrected chi connectivity index (χ4v) is 4.73. The summed E-state index contributed by atoms with van der Waals surface area (Å²) in [7, 11) is -2.89. The molecule has 0 saturated carbocycles. The van der Waals surface area contributed by atoms with Crippen LogP contribution in [0.1, 0.15) is 18.4 Å². The van der Waals surface area contributed by atoms with E-state index in [0.717, 1.165) is 0 Å². The van der Waals surface area contributed by atoms with E-state index in [-0.39, 0.29) is 28.5 Å². The molecular weight excluding hydrogens is 303 g/mol. The fraction of sp³-hybridized carbons (Fsp3) is 0.538. The number of hydrogen-bond acceptors (Lipinski definition) is 4. The standard InChI is InChI=1S/C13H18ClFN2O2S/c14-13-10(2-1-3-12(13)15)7-11(17-16)6-9-4-5-20(18,19)8-9/h1-3,9,11,17H,4-8,16H2. The summed E-state index contributed by atoms with van der Waals surface area (Å²) in [5.41, 5.74) is 3.35. The van der Waals surface area contributed by atoms with Gasteiger partial charge in [0.1, 0.15) is 5.82 Å². The second-order valence-electron chi connectivity index (χ2n) is 5.29. The molecule has 0 spiro atoms. The Morgan fingerprint density at radius 3 is 2.85 bits per heavy atom. The van der Waals surface area contributed by atoms with E-state index in [1.807, 2.05) is 0 Å². The average molecular weight is 321 g/mol. The molecule has 4 nitrogen and oxygen atoms in total. The fourth-order valence-electron chi connectivity index (χ4n) is 2.64. The van der Waals surface area contributed by atoms with Crippen molar-refractivity contribution in [1.82, 2.24) is 5.43 Å². The Hall–Kier alpha value is -0.690. The average Bonchev–Trinajstić information content (AvgIpc) is 2.73. The van der Waals surface area contributed by atoms with Crippen molar-refractivity contribution in [3.63, 3.8) is 0 Å². The highest BCUT2D eigenvalue weighted by Gasteiger charge is 2.29. The third-order valence-corrected chi connectivity index (χ3v) is 5.94. The highest BCUT2D eigenvalue weighted by atomic mass is 35.5. The highest BCUT2D eigenvalue weighted by molar-refractivity contribution is 7.91. The van der Waals surface area contributed by atoms with Crippen LogP contribution in [0.2, 0.25) is 5.02 Å². The topological polar surface area (TPSA) is 72.2 Å². The zero-order valence-electron chi connectivity index (χ0n) is 11.0. The van der Waals surface area contributed by atoms with Gasteiger partial charge in [-0.2, -0.15) is 0 Å². The lowest BCUT2D eigenvalue weighted by Gasteiger charge is -2.19. The Balaban J connectivity index is 2.01. The summed E-state index contributed by atoms with van der Waals surface area (Å²) < 4.78 is 36.3. The molecule has 2 unspecified atom stereocenters. The van der Waals surface area contributed by atoms with Crippen LogP contribution in [0.3, 0.4) is 0 Å². The SMILES string of the molecule is NNC(Cc1cccc(F)c1Cl)CC1CCS(=O)(=O)C1. The van der Waals surface area contributed by atoms with Crippen LogP contribution in [-0.4, -0.2) is 26.0 Å². The quantitative estimate of drug-likeness (QED) is 0.639. The van der Waals surface area contributed by atoms with Crippen molar-refractivity contribution in [2.45, 2.75) is 25.3 Å². The molecule has 3 N–H and O–H groups in total. The number of rotatable bonds is 5. The maximum absolute atomic E-state index is 13.4. The molecule has 0 aromatic heterocycles. The Morgan fingerprint density at radius 1 is 1.50 bits per heavy atom. The van der Waals surface area contributed by atoms with Crippen molar-refractivity contribution < 1.29 is 12.8 Å². The number of hydrazine groups is 1. The van der Waals surface area contributed by atoms with Crippen LogP contribution in [0.4, 0.5) is 4.39 Å². The van der Waals surface area contributed by atoms with E-state index in [4.69, 9.17) is 17.4 Å². The number of halogens is 2. The maximum Gasteiger partial charge on any atom is 0.150 e. The first-order valence-electron chi connectivity index (χ1n) is 6.50. The summed E-state index contributed by atoms with van der Waals surface area (Å²) in [6, 6.07) is 4.54. The van der Waals surface area contributed by atoms with Gasteiger partial charge in [0.15, 0.2) is 9.84 Å². The number of nitrogens with two attached hydrogens (primary N) is 1. The monoisotopic (exact) mass is 320 g/mol. The molecule has 0 bridgehead atoms. The minimum absolute atomic E-state index is 0.104. The van der Waals surface area contributed by atoms with Crippen LogP contribution in [0.25, 0.3) is 0 Å². The minimum atomic E-state index is -2.89. The van der Waals surface area contributed by atoms with Gasteiger partial charge in [-0.25, -0.2) is 12.8 Å². The predicted octanol–water partition coefficient (Wildman–Crippen LogP) is 1.68. The molecular formula is C13H18ClFN2O2S. The molecule has 0 amide bonds. The summed E-state index contributed by atoms with van der Waals surface area (Å²) >= 11 is 5.92. The van der Waals surface area contributed by atoms with Crippen LogP contribution in [-0.2, 0) is 16.3 Å². The first-order chi connectivity index (χ1) is 9.41. The Bertz CT molecular complexity index is 580. The second kappa shape index (κ2) is 6.39. The first-order valence-corrected chi connectivity index (χ1v) is 8.70. The van der Waals surface area contributed by atoms with Crippen molar-refractivity contribution in [2.24, 2.45) is 11.8 Å². The molecule has 1 aliphatic rings. The molecule has 1 aliphatic heterocycles. The highest BCUT2D eigenvalue weighted by Crippen LogP contribution is 2.26. The Kier molecular flexibility index (Phi) is 5.01. The van der Waals surface area contributed by atoms with Gasteiger partial charge in [-0.1, -0.05) is 23.7 Å². The molecule has 1 heterocycles. The third-order valence-electron chi connectivity index (χ3n) is 3.68. The van der Waals surface area contributed by atoms with Gasteiger partial charge in [-0.15, -0.1) is 0 Å². The van der Waals surface area contributed by atoms with Gasteiger partial charge in [0.25, 0.3) is 0 Å². The van der Waals surface area contributed by atoms with Crippen molar-refractivity contribution in [2.75, 3.05) is 11.5 Å². The van der Waals surface area contributed by atoms with Gasteiger partial charge in [0.05, 0.1) is 16.5 Å². The Morgan fingerprint density at radius 2 is 2.25 bits per heavy atom. The van der Waals surface area contributed by atoms with Crippen LogP contribution in [0.15, 0.2) is 18.2 Å². The molecule has 1 aromatic rings. The lowest BCUT2D eigenvalue weighted by molar-refractivity contribution is 0.408. The third kappa shape index (κ3) is 3.91. The van der Waals surface area contributed by atoms with Crippen LogP contribution < -0.4 is 11.3 Å². The molecule has 7 heteroatoms. The Labute approximate surface area is 123 Å². The number of benzene rings is 1. The van der Waals surface area contributed by atoms with Crippen LogP contribution in [0.5, 0.6) is 0 Å². The van der Waals surface area contributed by atoms with Gasteiger partial charge in [-0.05, 0) is 36.8 Å². The summed E-state index contributed by atoms with van der Waals surface area (Å²) in [5, 5.41) is 0.104. The molecule has 112 valence electrons. The lowest BCUT2D eigenvalue weighted by atomic mass is 9.95. The largest absolute Gasteiger partial charge is 0.271 e.